The van der Waals surface area contributed by atoms with E-state index in [1.807, 2.05) is 38.1 Å². The molecule has 0 atom stereocenters. The van der Waals surface area contributed by atoms with Crippen LogP contribution in [0.15, 0.2) is 28.8 Å². The minimum absolute atomic E-state index is 0.0982. The first-order valence-electron chi connectivity index (χ1n) is 7.58. The van der Waals surface area contributed by atoms with Crippen molar-refractivity contribution in [3.8, 4) is 11.4 Å². The fourth-order valence-corrected chi connectivity index (χ4v) is 2.50. The summed E-state index contributed by atoms with van der Waals surface area (Å²) in [5, 5.41) is 3.88. The topological polar surface area (TPSA) is 96.6 Å². The van der Waals surface area contributed by atoms with Crippen LogP contribution in [0, 0.1) is 6.92 Å². The predicted octanol–water partition coefficient (Wildman–Crippen LogP) is 1.75. The number of imide groups is 2. The number of aromatic nitrogens is 2. The Bertz CT molecular complexity index is 814. The van der Waals surface area contributed by atoms with Gasteiger partial charge in [0, 0.05) is 12.1 Å². The predicted molar refractivity (Wildman–Crippen MR) is 82.4 cm³/mol. The molecule has 1 saturated heterocycles. The lowest BCUT2D eigenvalue weighted by atomic mass is 10.1. The molecular weight excluding hydrogens is 312 g/mol. The summed E-state index contributed by atoms with van der Waals surface area (Å²) in [6.45, 7) is 3.72. The molecule has 1 aromatic carbocycles. The molecule has 3 rings (SSSR count). The number of urea groups is 1. The van der Waals surface area contributed by atoms with Crippen molar-refractivity contribution in [2.45, 2.75) is 26.8 Å². The van der Waals surface area contributed by atoms with Crippen molar-refractivity contribution in [2.24, 2.45) is 0 Å². The Balaban J connectivity index is 1.80. The number of carbonyl (C=O) groups is 3. The molecule has 2 aromatic rings. The molecular formula is C16H16N4O4. The van der Waals surface area contributed by atoms with E-state index in [0.29, 0.717) is 12.2 Å². The van der Waals surface area contributed by atoms with E-state index < -0.39 is 17.8 Å². The number of aryl methyl sites for hydroxylation is 1. The van der Waals surface area contributed by atoms with E-state index in [0.717, 1.165) is 20.9 Å². The Kier molecular flexibility index (Phi) is 4.11. The smallest absolute Gasteiger partial charge is 0.334 e. The zero-order valence-electron chi connectivity index (χ0n) is 13.4. The molecule has 1 aromatic heterocycles. The van der Waals surface area contributed by atoms with Crippen LogP contribution in [-0.2, 0) is 16.1 Å². The zero-order valence-corrected chi connectivity index (χ0v) is 13.4. The molecule has 0 N–H and O–H groups in total. The van der Waals surface area contributed by atoms with Gasteiger partial charge in [0.1, 0.15) is 6.54 Å². The third kappa shape index (κ3) is 2.66. The second kappa shape index (κ2) is 6.23. The number of benzene rings is 1. The largest absolute Gasteiger partial charge is 0.337 e. The Morgan fingerprint density at radius 3 is 2.50 bits per heavy atom. The quantitative estimate of drug-likeness (QED) is 0.613. The second-order valence-electron chi connectivity index (χ2n) is 5.46. The van der Waals surface area contributed by atoms with Crippen LogP contribution in [0.5, 0.6) is 0 Å². The molecule has 0 aliphatic carbocycles. The summed E-state index contributed by atoms with van der Waals surface area (Å²) in [5.74, 6) is -1.22. The fourth-order valence-electron chi connectivity index (χ4n) is 2.50. The number of carbonyl (C=O) groups excluding carboxylic acids is 3. The monoisotopic (exact) mass is 328 g/mol. The van der Waals surface area contributed by atoms with Gasteiger partial charge in [-0.05, 0) is 18.9 Å². The van der Waals surface area contributed by atoms with Gasteiger partial charge in [0.05, 0.1) is 0 Å². The fraction of sp³-hybridized carbons (Fsp3) is 0.312. The highest BCUT2D eigenvalue weighted by molar-refractivity contribution is 6.44. The number of hydrogen-bond acceptors (Lipinski definition) is 6. The number of amides is 4. The standard InChI is InChI=1S/C16H16N4O4/c1-3-8-19-14(21)15(22)20(16(19)23)9-12-17-13(18-24-12)11-7-5-4-6-10(11)2/h4-7H,3,8-9H2,1-2H3. The summed E-state index contributed by atoms with van der Waals surface area (Å²) in [5.41, 5.74) is 1.78. The van der Waals surface area contributed by atoms with Gasteiger partial charge in [-0.25, -0.2) is 9.69 Å². The van der Waals surface area contributed by atoms with Crippen LogP contribution >= 0.6 is 0 Å². The zero-order chi connectivity index (χ0) is 17.3. The first kappa shape index (κ1) is 15.9. The first-order valence-corrected chi connectivity index (χ1v) is 7.58. The summed E-state index contributed by atoms with van der Waals surface area (Å²) in [7, 11) is 0. The molecule has 1 fully saturated rings. The van der Waals surface area contributed by atoms with Gasteiger partial charge < -0.3 is 4.52 Å². The molecule has 1 aliphatic heterocycles. The van der Waals surface area contributed by atoms with Gasteiger partial charge in [-0.1, -0.05) is 36.3 Å². The van der Waals surface area contributed by atoms with E-state index in [9.17, 15) is 14.4 Å². The van der Waals surface area contributed by atoms with E-state index in [4.69, 9.17) is 4.52 Å². The third-order valence-electron chi connectivity index (χ3n) is 3.73. The van der Waals surface area contributed by atoms with Crippen LogP contribution in [0.3, 0.4) is 0 Å². The molecule has 0 unspecified atom stereocenters. The number of rotatable bonds is 5. The minimum Gasteiger partial charge on any atom is -0.337 e. The van der Waals surface area contributed by atoms with Gasteiger partial charge >= 0.3 is 17.8 Å². The van der Waals surface area contributed by atoms with Crippen LogP contribution in [0.25, 0.3) is 11.4 Å². The van der Waals surface area contributed by atoms with Gasteiger partial charge in [-0.3, -0.25) is 14.5 Å². The van der Waals surface area contributed by atoms with Gasteiger partial charge in [0.25, 0.3) is 0 Å². The normalized spacial score (nSPS) is 14.8. The van der Waals surface area contributed by atoms with Crippen molar-refractivity contribution in [1.82, 2.24) is 19.9 Å². The van der Waals surface area contributed by atoms with Crippen molar-refractivity contribution >= 4 is 17.8 Å². The molecule has 0 radical (unpaired) electrons. The van der Waals surface area contributed by atoms with E-state index in [-0.39, 0.29) is 19.0 Å². The maximum absolute atomic E-state index is 12.2. The van der Waals surface area contributed by atoms with Crippen LogP contribution < -0.4 is 0 Å². The van der Waals surface area contributed by atoms with Crippen LogP contribution in [0.4, 0.5) is 4.79 Å². The highest BCUT2D eigenvalue weighted by Crippen LogP contribution is 2.21. The van der Waals surface area contributed by atoms with Crippen molar-refractivity contribution in [3.63, 3.8) is 0 Å². The van der Waals surface area contributed by atoms with E-state index in [1.54, 1.807) is 0 Å². The van der Waals surface area contributed by atoms with E-state index in [1.165, 1.54) is 0 Å². The van der Waals surface area contributed by atoms with E-state index in [2.05, 4.69) is 10.1 Å². The third-order valence-corrected chi connectivity index (χ3v) is 3.73. The molecule has 24 heavy (non-hydrogen) atoms. The average molecular weight is 328 g/mol. The molecule has 2 heterocycles. The van der Waals surface area contributed by atoms with Crippen molar-refractivity contribution < 1.29 is 18.9 Å². The van der Waals surface area contributed by atoms with Crippen molar-refractivity contribution in [3.05, 3.63) is 35.7 Å². The molecule has 124 valence electrons. The highest BCUT2D eigenvalue weighted by Gasteiger charge is 2.44. The molecule has 4 amide bonds. The summed E-state index contributed by atoms with van der Waals surface area (Å²) >= 11 is 0. The molecule has 0 spiro atoms. The Morgan fingerprint density at radius 1 is 1.08 bits per heavy atom. The van der Waals surface area contributed by atoms with Crippen LogP contribution in [-0.4, -0.2) is 44.3 Å². The van der Waals surface area contributed by atoms with Gasteiger partial charge in [0.2, 0.25) is 11.7 Å². The van der Waals surface area contributed by atoms with Crippen molar-refractivity contribution in [2.75, 3.05) is 6.54 Å². The molecule has 1 aliphatic rings. The minimum atomic E-state index is -0.871. The summed E-state index contributed by atoms with van der Waals surface area (Å²) < 4.78 is 5.13. The molecule has 8 nitrogen and oxygen atoms in total. The maximum Gasteiger partial charge on any atom is 0.334 e. The molecule has 0 bridgehead atoms. The lowest BCUT2D eigenvalue weighted by Crippen LogP contribution is -2.33. The second-order valence-corrected chi connectivity index (χ2v) is 5.46. The van der Waals surface area contributed by atoms with Gasteiger partial charge in [0.15, 0.2) is 0 Å². The Hall–Kier alpha value is -3.03. The van der Waals surface area contributed by atoms with Gasteiger partial charge in [-0.2, -0.15) is 4.98 Å². The lowest BCUT2D eigenvalue weighted by Gasteiger charge is -2.12. The summed E-state index contributed by atoms with van der Waals surface area (Å²) in [4.78, 5) is 41.9. The SMILES string of the molecule is CCCN1C(=O)C(=O)N(Cc2nc(-c3ccccc3C)no2)C1=O. The number of hydrogen-bond donors (Lipinski definition) is 0. The number of nitrogens with zero attached hydrogens (tertiary/aromatic N) is 4. The highest BCUT2D eigenvalue weighted by atomic mass is 16.5. The van der Waals surface area contributed by atoms with E-state index >= 15 is 0 Å². The molecule has 0 saturated carbocycles. The average Bonchev–Trinajstić information content (AvgIpc) is 3.11. The maximum atomic E-state index is 12.2. The van der Waals surface area contributed by atoms with Crippen molar-refractivity contribution in [1.29, 1.82) is 0 Å². The Morgan fingerprint density at radius 2 is 1.79 bits per heavy atom. The molecule has 8 heteroatoms. The van der Waals surface area contributed by atoms with Gasteiger partial charge in [-0.15, -0.1) is 0 Å². The van der Waals surface area contributed by atoms with Crippen LogP contribution in [0.2, 0.25) is 0 Å². The Labute approximate surface area is 138 Å². The summed E-state index contributed by atoms with van der Waals surface area (Å²) in [6, 6.07) is 6.87. The van der Waals surface area contributed by atoms with Crippen LogP contribution in [0.1, 0.15) is 24.8 Å². The first-order chi connectivity index (χ1) is 11.5. The lowest BCUT2D eigenvalue weighted by molar-refractivity contribution is -0.143. The summed E-state index contributed by atoms with van der Waals surface area (Å²) in [6.07, 6.45) is 0.580.